The second-order valence-corrected chi connectivity index (χ2v) is 9.56. The van der Waals surface area contributed by atoms with Crippen LogP contribution in [-0.4, -0.2) is 19.7 Å². The Morgan fingerprint density at radius 3 is 2.06 bits per heavy atom. The van der Waals surface area contributed by atoms with Gasteiger partial charge in [0.25, 0.3) is 5.95 Å². The van der Waals surface area contributed by atoms with Gasteiger partial charge in [0, 0.05) is 20.1 Å². The molecule has 0 atom stereocenters. The van der Waals surface area contributed by atoms with Gasteiger partial charge in [0.15, 0.2) is 11.5 Å². The van der Waals surface area contributed by atoms with Crippen LogP contribution in [0.4, 0.5) is 13.2 Å². The Labute approximate surface area is 218 Å². The van der Waals surface area contributed by atoms with Gasteiger partial charge in [0.2, 0.25) is 0 Å². The molecule has 5 nitrogen and oxygen atoms in total. The van der Waals surface area contributed by atoms with Crippen molar-refractivity contribution in [3.8, 4) is 39.9 Å². The van der Waals surface area contributed by atoms with Gasteiger partial charge in [-0.05, 0) is 42.5 Å². The van der Waals surface area contributed by atoms with Crippen LogP contribution < -0.4 is 0 Å². The largest absolute Gasteiger partial charge is 0.463 e. The molecule has 0 N–H and O–H groups in total. The molecule has 0 spiro atoms. The van der Waals surface area contributed by atoms with E-state index in [1.54, 1.807) is 42.5 Å². The molecule has 5 rings (SSSR count). The van der Waals surface area contributed by atoms with E-state index < -0.39 is 11.9 Å². The molecule has 3 heterocycles. The third-order valence-electron chi connectivity index (χ3n) is 5.03. The number of aromatic nitrogens is 4. The smallest absolute Gasteiger partial charge is 0.433 e. The SMILES string of the molecule is FC(F)(F)c1cc(-c2ccco2)nc(-n2nc(-c3ccc(Br)cc3)c(Cl)c2-c2ccc(Br)cc2)n1. The molecule has 0 saturated carbocycles. The molecule has 3 aromatic heterocycles. The molecule has 0 unspecified atom stereocenters. The van der Waals surface area contributed by atoms with Crippen LogP contribution in [0.15, 0.2) is 86.4 Å². The summed E-state index contributed by atoms with van der Waals surface area (Å²) in [5.74, 6) is -0.134. The van der Waals surface area contributed by atoms with Crippen molar-refractivity contribution in [2.24, 2.45) is 0 Å². The van der Waals surface area contributed by atoms with Crippen molar-refractivity contribution in [2.45, 2.75) is 6.18 Å². The lowest BCUT2D eigenvalue weighted by molar-refractivity contribution is -0.141. The van der Waals surface area contributed by atoms with E-state index in [4.69, 9.17) is 16.0 Å². The van der Waals surface area contributed by atoms with Crippen LogP contribution in [0.5, 0.6) is 0 Å². The number of rotatable bonds is 4. The van der Waals surface area contributed by atoms with E-state index in [2.05, 4.69) is 46.9 Å². The van der Waals surface area contributed by atoms with Crippen LogP contribution in [0.2, 0.25) is 5.02 Å². The predicted molar refractivity (Wildman–Crippen MR) is 133 cm³/mol. The lowest BCUT2D eigenvalue weighted by Gasteiger charge is -2.11. The van der Waals surface area contributed by atoms with E-state index in [1.165, 1.54) is 17.0 Å². The van der Waals surface area contributed by atoms with Crippen molar-refractivity contribution < 1.29 is 17.6 Å². The highest BCUT2D eigenvalue weighted by Crippen LogP contribution is 2.39. The van der Waals surface area contributed by atoms with E-state index in [0.29, 0.717) is 22.5 Å². The summed E-state index contributed by atoms with van der Waals surface area (Å²) in [5, 5.41) is 4.80. The van der Waals surface area contributed by atoms with E-state index in [1.807, 2.05) is 12.1 Å². The van der Waals surface area contributed by atoms with E-state index in [9.17, 15) is 13.2 Å². The minimum Gasteiger partial charge on any atom is -0.463 e. The molecule has 0 radical (unpaired) electrons. The van der Waals surface area contributed by atoms with Crippen molar-refractivity contribution in [2.75, 3.05) is 0 Å². The average molecular weight is 625 g/mol. The topological polar surface area (TPSA) is 56.7 Å². The summed E-state index contributed by atoms with van der Waals surface area (Å²) in [6.07, 6.45) is -3.36. The van der Waals surface area contributed by atoms with Crippen molar-refractivity contribution >= 4 is 43.5 Å². The molecule has 11 heteroatoms. The Balaban J connectivity index is 1.79. The first-order valence-corrected chi connectivity index (χ1v) is 12.0. The number of alkyl halides is 3. The molecule has 176 valence electrons. The number of halogens is 6. The molecule has 5 aromatic rings. The molecule has 0 aliphatic carbocycles. The number of hydrogen-bond acceptors (Lipinski definition) is 4. The zero-order valence-corrected chi connectivity index (χ0v) is 21.3. The Bertz CT molecular complexity index is 1500. The molecule has 0 amide bonds. The third-order valence-corrected chi connectivity index (χ3v) is 6.45. The minimum absolute atomic E-state index is 0.0362. The maximum Gasteiger partial charge on any atom is 0.433 e. The second kappa shape index (κ2) is 9.25. The van der Waals surface area contributed by atoms with Crippen LogP contribution in [0.25, 0.3) is 39.9 Å². The predicted octanol–water partition coefficient (Wildman–Crippen LogP) is 8.45. The highest BCUT2D eigenvalue weighted by atomic mass is 79.9. The molecule has 0 aliphatic heterocycles. The monoisotopic (exact) mass is 622 g/mol. The Morgan fingerprint density at radius 2 is 1.49 bits per heavy atom. The van der Waals surface area contributed by atoms with Crippen LogP contribution >= 0.6 is 43.5 Å². The van der Waals surface area contributed by atoms with Gasteiger partial charge in [0.05, 0.1) is 17.0 Å². The van der Waals surface area contributed by atoms with Crippen LogP contribution in [0.1, 0.15) is 5.69 Å². The summed E-state index contributed by atoms with van der Waals surface area (Å²) in [6.45, 7) is 0. The molecular formula is C24H12Br2ClF3N4O. The molecule has 0 bridgehead atoms. The fourth-order valence-corrected chi connectivity index (χ4v) is 4.28. The van der Waals surface area contributed by atoms with Crippen molar-refractivity contribution in [3.05, 3.63) is 92.7 Å². The first-order valence-electron chi connectivity index (χ1n) is 10.0. The van der Waals surface area contributed by atoms with Gasteiger partial charge >= 0.3 is 6.18 Å². The quantitative estimate of drug-likeness (QED) is 0.201. The van der Waals surface area contributed by atoms with Gasteiger partial charge < -0.3 is 4.42 Å². The number of benzene rings is 2. The summed E-state index contributed by atoms with van der Waals surface area (Å²) < 4.78 is 49.5. The first kappa shape index (κ1) is 23.8. The van der Waals surface area contributed by atoms with Gasteiger partial charge in [-0.1, -0.05) is 67.7 Å². The summed E-state index contributed by atoms with van der Waals surface area (Å²) in [5.41, 5.74) is 0.848. The summed E-state index contributed by atoms with van der Waals surface area (Å²) in [6, 6.07) is 18.3. The van der Waals surface area contributed by atoms with Gasteiger partial charge in [-0.25, -0.2) is 9.97 Å². The highest BCUT2D eigenvalue weighted by molar-refractivity contribution is 9.10. The average Bonchev–Trinajstić information content (AvgIpc) is 3.48. The highest BCUT2D eigenvalue weighted by Gasteiger charge is 2.35. The molecular weight excluding hydrogens is 613 g/mol. The molecule has 0 saturated heterocycles. The van der Waals surface area contributed by atoms with Crippen LogP contribution in [-0.2, 0) is 6.18 Å². The zero-order valence-electron chi connectivity index (χ0n) is 17.4. The van der Waals surface area contributed by atoms with Crippen molar-refractivity contribution in [1.29, 1.82) is 0 Å². The molecule has 2 aromatic carbocycles. The maximum absolute atomic E-state index is 13.8. The van der Waals surface area contributed by atoms with E-state index >= 15 is 0 Å². The van der Waals surface area contributed by atoms with E-state index in [0.717, 1.165) is 15.0 Å². The van der Waals surface area contributed by atoms with Crippen LogP contribution in [0.3, 0.4) is 0 Å². The zero-order chi connectivity index (χ0) is 24.7. The number of furan rings is 1. The van der Waals surface area contributed by atoms with Gasteiger partial charge in [-0.3, -0.25) is 0 Å². The summed E-state index contributed by atoms with van der Waals surface area (Å²) in [7, 11) is 0. The van der Waals surface area contributed by atoms with Crippen LogP contribution in [0, 0.1) is 0 Å². The number of hydrogen-bond donors (Lipinski definition) is 0. The first-order chi connectivity index (χ1) is 16.7. The summed E-state index contributed by atoms with van der Waals surface area (Å²) >= 11 is 13.6. The van der Waals surface area contributed by atoms with Crippen molar-refractivity contribution in [3.63, 3.8) is 0 Å². The second-order valence-electron chi connectivity index (χ2n) is 7.35. The Kier molecular flexibility index (Phi) is 6.29. The van der Waals surface area contributed by atoms with Gasteiger partial charge in [-0.15, -0.1) is 0 Å². The minimum atomic E-state index is -4.72. The Hall–Kier alpha value is -2.95. The lowest BCUT2D eigenvalue weighted by Crippen LogP contribution is -2.14. The standard InChI is InChI=1S/C24H12Br2ClF3N4O/c25-15-7-3-13(4-8-15)21-20(27)22(14-5-9-16(26)10-6-14)34(33-21)23-31-17(18-2-1-11-35-18)12-19(32-23)24(28,29)30/h1-12H. The van der Waals surface area contributed by atoms with Gasteiger partial charge in [0.1, 0.15) is 11.4 Å². The normalized spacial score (nSPS) is 11.7. The fourth-order valence-electron chi connectivity index (χ4n) is 3.42. The molecule has 35 heavy (non-hydrogen) atoms. The van der Waals surface area contributed by atoms with Gasteiger partial charge in [-0.2, -0.15) is 23.0 Å². The van der Waals surface area contributed by atoms with E-state index in [-0.39, 0.29) is 22.4 Å². The lowest BCUT2D eigenvalue weighted by atomic mass is 10.1. The van der Waals surface area contributed by atoms with Crippen molar-refractivity contribution in [1.82, 2.24) is 19.7 Å². The molecule has 0 aliphatic rings. The fraction of sp³-hybridized carbons (Fsp3) is 0.0417. The maximum atomic E-state index is 13.8. The number of nitrogens with zero attached hydrogens (tertiary/aromatic N) is 4. The molecule has 0 fully saturated rings. The summed E-state index contributed by atoms with van der Waals surface area (Å²) in [4.78, 5) is 8.14. The Morgan fingerprint density at radius 1 is 0.857 bits per heavy atom. The third kappa shape index (κ3) is 4.78.